The lowest BCUT2D eigenvalue weighted by Gasteiger charge is -2.06. The molecule has 4 heteroatoms. The van der Waals surface area contributed by atoms with Gasteiger partial charge in [-0.3, -0.25) is 4.79 Å². The van der Waals surface area contributed by atoms with Crippen molar-refractivity contribution in [3.05, 3.63) is 70.3 Å². The van der Waals surface area contributed by atoms with Crippen LogP contribution in [0.25, 0.3) is 10.9 Å². The third-order valence-electron chi connectivity index (χ3n) is 3.18. The van der Waals surface area contributed by atoms with E-state index >= 15 is 0 Å². The van der Waals surface area contributed by atoms with Crippen LogP contribution in [0.3, 0.4) is 0 Å². The maximum absolute atomic E-state index is 12.1. The summed E-state index contributed by atoms with van der Waals surface area (Å²) in [7, 11) is 0. The lowest BCUT2D eigenvalue weighted by Crippen LogP contribution is -2.22. The van der Waals surface area contributed by atoms with Gasteiger partial charge in [-0.15, -0.1) is 0 Å². The molecule has 0 bridgehead atoms. The maximum Gasteiger partial charge on any atom is 0.251 e. The van der Waals surface area contributed by atoms with Crippen LogP contribution < -0.4 is 5.32 Å². The number of benzene rings is 2. The van der Waals surface area contributed by atoms with Crippen molar-refractivity contribution in [2.45, 2.75) is 6.54 Å². The molecule has 3 rings (SSSR count). The molecule has 0 aliphatic heterocycles. The van der Waals surface area contributed by atoms with Crippen LogP contribution >= 0.6 is 15.9 Å². The highest BCUT2D eigenvalue weighted by Crippen LogP contribution is 2.14. The number of H-pyrrole nitrogens is 1. The SMILES string of the molecule is O=C(NCc1ccc(Br)cc1)c1ccc2cc[nH]c2c1. The van der Waals surface area contributed by atoms with Crippen LogP contribution in [0.5, 0.6) is 0 Å². The van der Waals surface area contributed by atoms with Crippen LogP contribution in [-0.2, 0) is 6.54 Å². The minimum atomic E-state index is -0.0654. The molecule has 2 N–H and O–H groups in total. The number of carbonyl (C=O) groups is 1. The molecule has 0 fully saturated rings. The van der Waals surface area contributed by atoms with Gasteiger partial charge < -0.3 is 10.3 Å². The third-order valence-corrected chi connectivity index (χ3v) is 3.71. The summed E-state index contributed by atoms with van der Waals surface area (Å²) in [6, 6.07) is 15.5. The number of rotatable bonds is 3. The summed E-state index contributed by atoms with van der Waals surface area (Å²) in [4.78, 5) is 15.2. The molecule has 1 heterocycles. The first kappa shape index (κ1) is 12.9. The first-order valence-corrected chi connectivity index (χ1v) is 7.11. The van der Waals surface area contributed by atoms with Gasteiger partial charge in [-0.05, 0) is 41.3 Å². The van der Waals surface area contributed by atoms with E-state index < -0.39 is 0 Å². The van der Waals surface area contributed by atoms with Gasteiger partial charge in [0.05, 0.1) is 0 Å². The summed E-state index contributed by atoms with van der Waals surface area (Å²) in [6.45, 7) is 0.523. The molecule has 0 spiro atoms. The van der Waals surface area contributed by atoms with Crippen molar-refractivity contribution in [1.29, 1.82) is 0 Å². The Kier molecular flexibility index (Phi) is 3.56. The van der Waals surface area contributed by atoms with Gasteiger partial charge in [-0.25, -0.2) is 0 Å². The molecule has 0 aliphatic carbocycles. The lowest BCUT2D eigenvalue weighted by molar-refractivity contribution is 0.0951. The molecule has 0 saturated heterocycles. The van der Waals surface area contributed by atoms with Crippen LogP contribution in [0.2, 0.25) is 0 Å². The number of carbonyl (C=O) groups excluding carboxylic acids is 1. The Balaban J connectivity index is 1.70. The quantitative estimate of drug-likeness (QED) is 0.753. The van der Waals surface area contributed by atoms with Gasteiger partial charge in [0.15, 0.2) is 0 Å². The summed E-state index contributed by atoms with van der Waals surface area (Å²) in [5.74, 6) is -0.0654. The second kappa shape index (κ2) is 5.51. The largest absolute Gasteiger partial charge is 0.361 e. The van der Waals surface area contributed by atoms with Crippen molar-refractivity contribution in [3.63, 3.8) is 0 Å². The number of amides is 1. The zero-order valence-corrected chi connectivity index (χ0v) is 12.3. The molecule has 3 nitrogen and oxygen atoms in total. The Bertz CT molecular complexity index is 747. The van der Waals surface area contributed by atoms with Crippen molar-refractivity contribution in [2.75, 3.05) is 0 Å². The fraction of sp³-hybridized carbons (Fsp3) is 0.0625. The van der Waals surface area contributed by atoms with Gasteiger partial charge in [0.2, 0.25) is 0 Å². The normalized spacial score (nSPS) is 10.7. The first-order chi connectivity index (χ1) is 9.72. The predicted octanol–water partition coefficient (Wildman–Crippen LogP) is 3.86. The van der Waals surface area contributed by atoms with Crippen LogP contribution in [0, 0.1) is 0 Å². The van der Waals surface area contributed by atoms with Crippen molar-refractivity contribution in [3.8, 4) is 0 Å². The Morgan fingerprint density at radius 2 is 1.90 bits per heavy atom. The number of hydrogen-bond acceptors (Lipinski definition) is 1. The van der Waals surface area contributed by atoms with Crippen molar-refractivity contribution in [2.24, 2.45) is 0 Å². The summed E-state index contributed by atoms with van der Waals surface area (Å²) < 4.78 is 1.03. The fourth-order valence-electron chi connectivity index (χ4n) is 2.08. The van der Waals surface area contributed by atoms with Gasteiger partial charge in [0.25, 0.3) is 5.91 Å². The van der Waals surface area contributed by atoms with Gasteiger partial charge in [-0.1, -0.05) is 34.1 Å². The van der Waals surface area contributed by atoms with Crippen molar-refractivity contribution in [1.82, 2.24) is 10.3 Å². The molecule has 0 atom stereocenters. The Hall–Kier alpha value is -2.07. The fourth-order valence-corrected chi connectivity index (χ4v) is 2.34. The number of fused-ring (bicyclic) bond motifs is 1. The Morgan fingerprint density at radius 3 is 2.70 bits per heavy atom. The van der Waals surface area contributed by atoms with E-state index in [1.54, 1.807) is 0 Å². The van der Waals surface area contributed by atoms with E-state index in [1.165, 1.54) is 0 Å². The molecule has 0 unspecified atom stereocenters. The van der Waals surface area contributed by atoms with Gasteiger partial charge in [0.1, 0.15) is 0 Å². The summed E-state index contributed by atoms with van der Waals surface area (Å²) in [6.07, 6.45) is 1.87. The minimum absolute atomic E-state index is 0.0654. The van der Waals surface area contributed by atoms with Crippen LogP contribution in [0.15, 0.2) is 59.2 Å². The number of halogens is 1. The smallest absolute Gasteiger partial charge is 0.251 e. The topological polar surface area (TPSA) is 44.9 Å². The van der Waals surface area contributed by atoms with E-state index in [0.717, 1.165) is 20.9 Å². The summed E-state index contributed by atoms with van der Waals surface area (Å²) in [5, 5.41) is 4.03. The van der Waals surface area contributed by atoms with E-state index in [2.05, 4.69) is 26.2 Å². The highest BCUT2D eigenvalue weighted by Gasteiger charge is 2.06. The molecule has 2 aromatic carbocycles. The zero-order valence-electron chi connectivity index (χ0n) is 10.7. The molecule has 1 amide bonds. The van der Waals surface area contributed by atoms with E-state index in [9.17, 15) is 4.79 Å². The Morgan fingerprint density at radius 1 is 1.10 bits per heavy atom. The lowest BCUT2D eigenvalue weighted by atomic mass is 10.1. The third kappa shape index (κ3) is 2.75. The molecule has 0 saturated carbocycles. The highest BCUT2D eigenvalue weighted by molar-refractivity contribution is 9.10. The predicted molar refractivity (Wildman–Crippen MR) is 83.6 cm³/mol. The van der Waals surface area contributed by atoms with Gasteiger partial charge >= 0.3 is 0 Å². The average molecular weight is 329 g/mol. The summed E-state index contributed by atoms with van der Waals surface area (Å²) >= 11 is 3.39. The van der Waals surface area contributed by atoms with E-state index in [4.69, 9.17) is 0 Å². The molecular weight excluding hydrogens is 316 g/mol. The van der Waals surface area contributed by atoms with Crippen molar-refractivity contribution < 1.29 is 4.79 Å². The number of aromatic nitrogens is 1. The number of nitrogens with one attached hydrogen (secondary N) is 2. The second-order valence-corrected chi connectivity index (χ2v) is 5.50. The van der Waals surface area contributed by atoms with E-state index in [0.29, 0.717) is 12.1 Å². The summed E-state index contributed by atoms with van der Waals surface area (Å²) in [5.41, 5.74) is 2.71. The molecular formula is C16H13BrN2O. The maximum atomic E-state index is 12.1. The molecule has 0 aliphatic rings. The van der Waals surface area contributed by atoms with Crippen LogP contribution in [-0.4, -0.2) is 10.9 Å². The zero-order chi connectivity index (χ0) is 13.9. The molecule has 100 valence electrons. The monoisotopic (exact) mass is 328 g/mol. The van der Waals surface area contributed by atoms with Gasteiger partial charge in [-0.2, -0.15) is 0 Å². The minimum Gasteiger partial charge on any atom is -0.361 e. The molecule has 20 heavy (non-hydrogen) atoms. The van der Waals surface area contributed by atoms with E-state index in [-0.39, 0.29) is 5.91 Å². The second-order valence-electron chi connectivity index (χ2n) is 4.59. The first-order valence-electron chi connectivity index (χ1n) is 6.32. The van der Waals surface area contributed by atoms with Crippen LogP contribution in [0.4, 0.5) is 0 Å². The van der Waals surface area contributed by atoms with Crippen LogP contribution in [0.1, 0.15) is 15.9 Å². The van der Waals surface area contributed by atoms with Crippen molar-refractivity contribution >= 4 is 32.7 Å². The highest BCUT2D eigenvalue weighted by atomic mass is 79.9. The van der Waals surface area contributed by atoms with E-state index in [1.807, 2.05) is 54.7 Å². The number of aromatic amines is 1. The Labute approximate surface area is 125 Å². The molecule has 0 radical (unpaired) electrons. The number of hydrogen-bond donors (Lipinski definition) is 2. The van der Waals surface area contributed by atoms with Gasteiger partial charge in [0, 0.05) is 28.3 Å². The standard InChI is InChI=1S/C16H13BrN2O/c17-14-5-1-11(2-6-14)10-19-16(20)13-4-3-12-7-8-18-15(12)9-13/h1-9,18H,10H2,(H,19,20). The molecule has 1 aromatic heterocycles. The average Bonchev–Trinajstić information content (AvgIpc) is 2.93. The molecule has 3 aromatic rings.